The molecule has 0 fully saturated rings. The molecule has 2 heterocycles. The average Bonchev–Trinajstić information content (AvgIpc) is 3.41. The monoisotopic (exact) mass is 476 g/mol. The summed E-state index contributed by atoms with van der Waals surface area (Å²) in [6.07, 6.45) is 4.60. The number of alkyl halides is 3. The van der Waals surface area contributed by atoms with Gasteiger partial charge in [-0.2, -0.15) is 17.5 Å². The molecule has 2 aliphatic rings. The van der Waals surface area contributed by atoms with E-state index in [1.807, 2.05) is 41.3 Å². The Bertz CT molecular complexity index is 1220. The zero-order valence-electron chi connectivity index (χ0n) is 17.7. The van der Waals surface area contributed by atoms with Gasteiger partial charge in [0, 0.05) is 31.0 Å². The van der Waals surface area contributed by atoms with E-state index in [2.05, 4.69) is 9.97 Å². The van der Waals surface area contributed by atoms with Gasteiger partial charge in [-0.3, -0.25) is 0 Å². The van der Waals surface area contributed by atoms with Crippen LogP contribution in [0, 0.1) is 5.92 Å². The minimum atomic E-state index is -5.49. The number of halogens is 3. The van der Waals surface area contributed by atoms with Crippen LogP contribution in [0.15, 0.2) is 61.1 Å². The fourth-order valence-corrected chi connectivity index (χ4v) is 5.97. The Balaban J connectivity index is 1.60. The minimum absolute atomic E-state index is 0.0394. The summed E-state index contributed by atoms with van der Waals surface area (Å²) in [5.74, 6) is -0.0394. The summed E-state index contributed by atoms with van der Waals surface area (Å²) < 4.78 is 66.5. The third-order valence-electron chi connectivity index (χ3n) is 6.59. The van der Waals surface area contributed by atoms with E-state index in [0.29, 0.717) is 29.3 Å². The number of aromatic amines is 1. The van der Waals surface area contributed by atoms with Crippen molar-refractivity contribution < 1.29 is 21.6 Å². The Morgan fingerprint density at radius 3 is 2.24 bits per heavy atom. The first kappa shape index (κ1) is 22.0. The predicted octanol–water partition coefficient (Wildman–Crippen LogP) is 3.87. The van der Waals surface area contributed by atoms with E-state index < -0.39 is 21.6 Å². The molecule has 5 rings (SSSR count). The van der Waals surface area contributed by atoms with Gasteiger partial charge >= 0.3 is 15.5 Å². The molecule has 10 heteroatoms. The van der Waals surface area contributed by atoms with Gasteiger partial charge in [0.05, 0.1) is 18.6 Å². The third-order valence-corrected chi connectivity index (χ3v) is 8.14. The fraction of sp³-hybridized carbons (Fsp3) is 0.348. The number of imidazole rings is 1. The highest BCUT2D eigenvalue weighted by molar-refractivity contribution is 7.89. The second-order valence-electron chi connectivity index (χ2n) is 8.58. The summed E-state index contributed by atoms with van der Waals surface area (Å²) >= 11 is 0. The SMILES string of the molecule is O=S(=O)(N1Cc2ccccc2N(Cc2cnc[nH]2)[C@H](C2Cc3ccccc3C2)C1)C(F)(F)F. The quantitative estimate of drug-likeness (QED) is 0.621. The van der Waals surface area contributed by atoms with Gasteiger partial charge in [0.2, 0.25) is 0 Å². The number of rotatable bonds is 4. The molecule has 0 saturated heterocycles. The molecule has 0 unspecified atom stereocenters. The lowest BCUT2D eigenvalue weighted by Gasteiger charge is -2.37. The molecule has 0 saturated carbocycles. The number of hydrogen-bond acceptors (Lipinski definition) is 4. The van der Waals surface area contributed by atoms with Crippen LogP contribution in [-0.4, -0.2) is 40.8 Å². The van der Waals surface area contributed by atoms with Gasteiger partial charge in [-0.25, -0.2) is 13.4 Å². The second-order valence-corrected chi connectivity index (χ2v) is 10.5. The number of fused-ring (bicyclic) bond motifs is 2. The van der Waals surface area contributed by atoms with Crippen LogP contribution in [0.3, 0.4) is 0 Å². The number of para-hydroxylation sites is 1. The van der Waals surface area contributed by atoms with Gasteiger partial charge in [0.15, 0.2) is 0 Å². The van der Waals surface area contributed by atoms with Crippen molar-refractivity contribution in [2.45, 2.75) is 37.5 Å². The molecule has 1 aliphatic heterocycles. The standard InChI is InChI=1S/C23H23F3N4O2S/c24-23(25,26)33(31,32)29-12-18-7-3-4-8-21(18)30(13-20-11-27-15-28-20)22(14-29)19-9-16-5-1-2-6-17(16)10-19/h1-8,11,15,19,22H,9-10,12-14H2,(H,27,28)/t22-/m0/s1. The number of aromatic nitrogens is 2. The van der Waals surface area contributed by atoms with Gasteiger partial charge in [0.1, 0.15) is 0 Å². The Labute approximate surface area is 190 Å². The summed E-state index contributed by atoms with van der Waals surface area (Å²) in [6, 6.07) is 14.6. The van der Waals surface area contributed by atoms with E-state index in [1.165, 1.54) is 0 Å². The molecular weight excluding hydrogens is 453 g/mol. The Morgan fingerprint density at radius 2 is 1.64 bits per heavy atom. The second kappa shape index (κ2) is 8.18. The number of benzene rings is 2. The van der Waals surface area contributed by atoms with Crippen LogP contribution in [0.1, 0.15) is 22.4 Å². The highest BCUT2D eigenvalue weighted by atomic mass is 32.2. The molecule has 3 aromatic rings. The maximum atomic E-state index is 13.6. The number of anilines is 1. The fourth-order valence-electron chi connectivity index (χ4n) is 5.02. The normalized spacial score (nSPS) is 19.8. The van der Waals surface area contributed by atoms with Gasteiger partial charge < -0.3 is 9.88 Å². The first-order valence-electron chi connectivity index (χ1n) is 10.7. The molecule has 0 radical (unpaired) electrons. The van der Waals surface area contributed by atoms with Crippen LogP contribution in [0.25, 0.3) is 0 Å². The third kappa shape index (κ3) is 4.02. The minimum Gasteiger partial charge on any atom is -0.361 e. The van der Waals surface area contributed by atoms with Crippen molar-refractivity contribution in [1.82, 2.24) is 14.3 Å². The summed E-state index contributed by atoms with van der Waals surface area (Å²) in [4.78, 5) is 9.18. The summed E-state index contributed by atoms with van der Waals surface area (Å²) in [6.45, 7) is -0.189. The molecule has 6 nitrogen and oxygen atoms in total. The van der Waals surface area contributed by atoms with Crippen molar-refractivity contribution in [3.05, 3.63) is 83.4 Å². The van der Waals surface area contributed by atoms with Gasteiger partial charge in [-0.1, -0.05) is 42.5 Å². The molecule has 1 N–H and O–H groups in total. The molecule has 0 bridgehead atoms. The van der Waals surface area contributed by atoms with Crippen LogP contribution < -0.4 is 4.90 Å². The summed E-state index contributed by atoms with van der Waals surface area (Å²) in [5.41, 5.74) is -0.948. The van der Waals surface area contributed by atoms with E-state index in [9.17, 15) is 21.6 Å². The number of sulfonamides is 1. The van der Waals surface area contributed by atoms with E-state index >= 15 is 0 Å². The predicted molar refractivity (Wildman–Crippen MR) is 118 cm³/mol. The molecule has 33 heavy (non-hydrogen) atoms. The van der Waals surface area contributed by atoms with E-state index in [1.54, 1.807) is 24.7 Å². The molecule has 1 aromatic heterocycles. The number of nitrogens with zero attached hydrogens (tertiary/aromatic N) is 3. The lowest BCUT2D eigenvalue weighted by atomic mass is 9.94. The van der Waals surface area contributed by atoms with E-state index in [0.717, 1.165) is 22.5 Å². The summed E-state index contributed by atoms with van der Waals surface area (Å²) in [7, 11) is -5.49. The largest absolute Gasteiger partial charge is 0.511 e. The molecule has 0 amide bonds. The van der Waals surface area contributed by atoms with Crippen molar-refractivity contribution in [3.63, 3.8) is 0 Å². The highest BCUT2D eigenvalue weighted by Crippen LogP contribution is 2.39. The Morgan fingerprint density at radius 1 is 1.00 bits per heavy atom. The Hall–Kier alpha value is -2.85. The van der Waals surface area contributed by atoms with E-state index in [-0.39, 0.29) is 19.0 Å². The van der Waals surface area contributed by atoms with Crippen LogP contribution in [-0.2, 0) is 36.0 Å². The zero-order chi connectivity index (χ0) is 23.2. The highest BCUT2D eigenvalue weighted by Gasteiger charge is 2.52. The van der Waals surface area contributed by atoms with Crippen molar-refractivity contribution in [2.24, 2.45) is 5.92 Å². The van der Waals surface area contributed by atoms with Crippen LogP contribution in [0.5, 0.6) is 0 Å². The first-order chi connectivity index (χ1) is 15.7. The number of nitrogens with one attached hydrogen (secondary N) is 1. The van der Waals surface area contributed by atoms with Crippen LogP contribution in [0.4, 0.5) is 18.9 Å². The molecule has 1 aliphatic carbocycles. The van der Waals surface area contributed by atoms with Gasteiger partial charge in [-0.05, 0) is 41.5 Å². The van der Waals surface area contributed by atoms with E-state index in [4.69, 9.17) is 0 Å². The molecule has 0 spiro atoms. The Kier molecular flexibility index (Phi) is 5.44. The lowest BCUT2D eigenvalue weighted by Crippen LogP contribution is -2.50. The van der Waals surface area contributed by atoms with Gasteiger partial charge in [0.25, 0.3) is 0 Å². The maximum Gasteiger partial charge on any atom is 0.511 e. The number of H-pyrrole nitrogens is 1. The first-order valence-corrected chi connectivity index (χ1v) is 12.1. The van der Waals surface area contributed by atoms with Crippen LogP contribution >= 0.6 is 0 Å². The molecule has 174 valence electrons. The number of hydrogen-bond donors (Lipinski definition) is 1. The molecule has 1 atom stereocenters. The van der Waals surface area contributed by atoms with Crippen molar-refractivity contribution >= 4 is 15.7 Å². The maximum absolute atomic E-state index is 13.6. The molecular formula is C23H23F3N4O2S. The lowest BCUT2D eigenvalue weighted by molar-refractivity contribution is -0.0493. The van der Waals surface area contributed by atoms with Crippen molar-refractivity contribution in [2.75, 3.05) is 11.4 Å². The topological polar surface area (TPSA) is 69.3 Å². The van der Waals surface area contributed by atoms with Gasteiger partial charge in [-0.15, -0.1) is 0 Å². The van der Waals surface area contributed by atoms with Crippen molar-refractivity contribution in [1.29, 1.82) is 0 Å². The average molecular weight is 477 g/mol. The van der Waals surface area contributed by atoms with Crippen molar-refractivity contribution in [3.8, 4) is 0 Å². The molecule has 2 aromatic carbocycles. The smallest absolute Gasteiger partial charge is 0.361 e. The zero-order valence-corrected chi connectivity index (χ0v) is 18.5. The van der Waals surface area contributed by atoms with Crippen LogP contribution in [0.2, 0.25) is 0 Å². The summed E-state index contributed by atoms with van der Waals surface area (Å²) in [5, 5.41) is 0.